The molecule has 6 heteroatoms. The summed E-state index contributed by atoms with van der Waals surface area (Å²) in [6, 6.07) is 10.5. The first-order valence-electron chi connectivity index (χ1n) is 6.94. The number of rotatable bonds is 5. The molecule has 1 aromatic heterocycles. The lowest BCUT2D eigenvalue weighted by Gasteiger charge is -2.06. The Labute approximate surface area is 154 Å². The summed E-state index contributed by atoms with van der Waals surface area (Å²) >= 11 is 3.34. The van der Waals surface area contributed by atoms with Gasteiger partial charge in [-0.15, -0.1) is 0 Å². The fourth-order valence-electron chi connectivity index (χ4n) is 1.87. The van der Waals surface area contributed by atoms with Gasteiger partial charge >= 0.3 is 5.97 Å². The zero-order valence-electron chi connectivity index (χ0n) is 12.8. The van der Waals surface area contributed by atoms with Gasteiger partial charge in [-0.25, -0.2) is 4.79 Å². The third kappa shape index (κ3) is 5.88. The van der Waals surface area contributed by atoms with Crippen LogP contribution in [-0.4, -0.2) is 17.9 Å². The van der Waals surface area contributed by atoms with E-state index in [1.807, 2.05) is 12.1 Å². The normalized spacial score (nSPS) is 10.1. The topological polar surface area (TPSA) is 47.2 Å². The second kappa shape index (κ2) is 8.93. The molecule has 122 valence electrons. The number of hydrogen-bond acceptors (Lipinski definition) is 3. The van der Waals surface area contributed by atoms with Crippen LogP contribution in [0.25, 0.3) is 0 Å². The number of esters is 1. The summed E-state index contributed by atoms with van der Waals surface area (Å²) in [4.78, 5) is 23.9. The molecule has 0 amide bonds. The molecule has 0 aliphatic heterocycles. The van der Waals surface area contributed by atoms with Gasteiger partial charge in [0.1, 0.15) is 0 Å². The Hall–Kier alpha value is -1.53. The molecule has 0 bridgehead atoms. The first-order chi connectivity index (χ1) is 10.5. The maximum Gasteiger partial charge on any atom is 0.338 e. The predicted molar refractivity (Wildman–Crippen MR) is 85.7 cm³/mol. The molecule has 1 aromatic carbocycles. The summed E-state index contributed by atoms with van der Waals surface area (Å²) in [5, 5.41) is 0. The molecule has 0 saturated heterocycles. The molecule has 0 atom stereocenters. The van der Waals surface area contributed by atoms with Crippen LogP contribution in [0.4, 0.5) is 0 Å². The van der Waals surface area contributed by atoms with Crippen molar-refractivity contribution in [1.82, 2.24) is 0 Å². The van der Waals surface area contributed by atoms with Crippen LogP contribution in [0.1, 0.15) is 34.6 Å². The summed E-state index contributed by atoms with van der Waals surface area (Å²) in [7, 11) is 0. The molecule has 4 nitrogen and oxygen atoms in total. The molecule has 2 aromatic rings. The Morgan fingerprint density at radius 2 is 1.61 bits per heavy atom. The smallest absolute Gasteiger partial charge is 0.338 e. The molecule has 0 spiro atoms. The van der Waals surface area contributed by atoms with Crippen LogP contribution >= 0.6 is 15.9 Å². The summed E-state index contributed by atoms with van der Waals surface area (Å²) in [5.41, 5.74) is 1.13. The number of ketones is 1. The molecule has 23 heavy (non-hydrogen) atoms. The van der Waals surface area contributed by atoms with E-state index < -0.39 is 0 Å². The molecule has 0 N–H and O–H groups in total. The van der Waals surface area contributed by atoms with Gasteiger partial charge < -0.3 is 21.7 Å². The van der Waals surface area contributed by atoms with Crippen LogP contribution in [0.15, 0.2) is 53.3 Å². The number of hydrogen-bond donors (Lipinski definition) is 0. The summed E-state index contributed by atoms with van der Waals surface area (Å²) < 4.78 is 7.79. The van der Waals surface area contributed by atoms with Gasteiger partial charge in [-0.05, 0) is 26.0 Å². The Balaban J connectivity index is 0.00000264. The van der Waals surface area contributed by atoms with Crippen molar-refractivity contribution < 1.29 is 35.9 Å². The number of aromatic nitrogens is 1. The lowest BCUT2D eigenvalue weighted by Crippen LogP contribution is -3.00. The Bertz CT molecular complexity index is 667. The molecule has 0 saturated carbocycles. The lowest BCUT2D eigenvalue weighted by atomic mass is 10.1. The van der Waals surface area contributed by atoms with Crippen LogP contribution in [0.5, 0.6) is 0 Å². The minimum atomic E-state index is -0.360. The molecular formula is C17H17Br2NO3. The maximum absolute atomic E-state index is 12.2. The summed E-state index contributed by atoms with van der Waals surface area (Å²) in [6.07, 6.45) is 3.25. The van der Waals surface area contributed by atoms with Crippen molar-refractivity contribution in [3.63, 3.8) is 0 Å². The molecular weight excluding hydrogens is 426 g/mol. The zero-order chi connectivity index (χ0) is 16.1. The second-order valence-corrected chi connectivity index (χ2v) is 6.06. The van der Waals surface area contributed by atoms with Gasteiger partial charge in [0.05, 0.1) is 11.7 Å². The maximum atomic E-state index is 12.2. The number of ether oxygens (including phenoxy) is 1. The van der Waals surface area contributed by atoms with Crippen molar-refractivity contribution in [3.05, 3.63) is 64.4 Å². The van der Waals surface area contributed by atoms with E-state index in [0.717, 1.165) is 4.47 Å². The summed E-state index contributed by atoms with van der Waals surface area (Å²) in [6.45, 7) is 3.83. The van der Waals surface area contributed by atoms with Gasteiger partial charge in [-0.3, -0.25) is 4.79 Å². The van der Waals surface area contributed by atoms with Gasteiger partial charge in [0.2, 0.25) is 12.3 Å². The van der Waals surface area contributed by atoms with E-state index >= 15 is 0 Å². The van der Waals surface area contributed by atoms with Gasteiger partial charge in [-0.1, -0.05) is 28.1 Å². The largest absolute Gasteiger partial charge is 1.00 e. The number of nitrogens with zero attached hydrogens (tertiary/aromatic N) is 1. The SMILES string of the molecule is CC(C)OC(=O)c1cc[n+](CC(=O)c2ccc(Br)cc2)cc1.[Br-]. The van der Waals surface area contributed by atoms with Crippen molar-refractivity contribution in [1.29, 1.82) is 0 Å². The van der Waals surface area contributed by atoms with E-state index in [-0.39, 0.29) is 41.4 Å². The number of pyridine rings is 1. The predicted octanol–water partition coefficient (Wildman–Crippen LogP) is 0.189. The Kier molecular flexibility index (Phi) is 7.58. The molecule has 0 aliphatic rings. The van der Waals surface area contributed by atoms with Crippen LogP contribution in [-0.2, 0) is 11.3 Å². The summed E-state index contributed by atoms with van der Waals surface area (Å²) in [5.74, 6) is -0.351. The van der Waals surface area contributed by atoms with Crippen LogP contribution in [0.3, 0.4) is 0 Å². The van der Waals surface area contributed by atoms with E-state index in [1.54, 1.807) is 55.1 Å². The highest BCUT2D eigenvalue weighted by Crippen LogP contribution is 2.11. The molecule has 0 fully saturated rings. The number of carbonyl (C=O) groups excluding carboxylic acids is 2. The van der Waals surface area contributed by atoms with E-state index in [1.165, 1.54) is 0 Å². The third-order valence-corrected chi connectivity index (χ3v) is 3.49. The second-order valence-electron chi connectivity index (χ2n) is 5.14. The van der Waals surface area contributed by atoms with Crippen molar-refractivity contribution in [2.45, 2.75) is 26.5 Å². The first kappa shape index (κ1) is 19.5. The number of benzene rings is 1. The Morgan fingerprint density at radius 3 is 2.13 bits per heavy atom. The monoisotopic (exact) mass is 441 g/mol. The highest BCUT2D eigenvalue weighted by Gasteiger charge is 2.14. The fourth-order valence-corrected chi connectivity index (χ4v) is 2.14. The minimum Gasteiger partial charge on any atom is -1.00 e. The van der Waals surface area contributed by atoms with Crippen molar-refractivity contribution >= 4 is 27.7 Å². The number of halogens is 2. The number of carbonyl (C=O) groups is 2. The highest BCUT2D eigenvalue weighted by atomic mass is 79.9. The molecule has 1 heterocycles. The molecule has 0 unspecified atom stereocenters. The van der Waals surface area contributed by atoms with E-state index in [9.17, 15) is 9.59 Å². The van der Waals surface area contributed by atoms with Crippen LogP contribution < -0.4 is 21.5 Å². The van der Waals surface area contributed by atoms with Crippen molar-refractivity contribution in [2.75, 3.05) is 0 Å². The highest BCUT2D eigenvalue weighted by molar-refractivity contribution is 9.10. The van der Waals surface area contributed by atoms with Crippen LogP contribution in [0.2, 0.25) is 0 Å². The van der Waals surface area contributed by atoms with Crippen molar-refractivity contribution in [3.8, 4) is 0 Å². The lowest BCUT2D eigenvalue weighted by molar-refractivity contribution is -0.683. The molecule has 0 aliphatic carbocycles. The van der Waals surface area contributed by atoms with E-state index in [0.29, 0.717) is 11.1 Å². The standard InChI is InChI=1S/C17H17BrNO3.BrH/c1-12(2)22-17(21)14-7-9-19(10-8-14)11-16(20)13-3-5-15(18)6-4-13;/h3-10,12H,11H2,1-2H3;1H/q+1;/p-1. The van der Waals surface area contributed by atoms with Crippen LogP contribution in [0, 0.1) is 0 Å². The van der Waals surface area contributed by atoms with Gasteiger partial charge in [0, 0.05) is 22.2 Å². The van der Waals surface area contributed by atoms with Gasteiger partial charge in [-0.2, -0.15) is 4.57 Å². The first-order valence-corrected chi connectivity index (χ1v) is 7.74. The molecule has 0 radical (unpaired) electrons. The zero-order valence-corrected chi connectivity index (χ0v) is 16.0. The average Bonchev–Trinajstić information content (AvgIpc) is 2.48. The van der Waals surface area contributed by atoms with Gasteiger partial charge in [0.15, 0.2) is 12.4 Å². The Morgan fingerprint density at radius 1 is 1.04 bits per heavy atom. The van der Waals surface area contributed by atoms with Gasteiger partial charge in [0.25, 0.3) is 0 Å². The van der Waals surface area contributed by atoms with E-state index in [4.69, 9.17) is 4.74 Å². The van der Waals surface area contributed by atoms with E-state index in [2.05, 4.69) is 15.9 Å². The van der Waals surface area contributed by atoms with Crippen molar-refractivity contribution in [2.24, 2.45) is 0 Å². The minimum absolute atomic E-state index is 0. The third-order valence-electron chi connectivity index (χ3n) is 2.96. The fraction of sp³-hybridized carbons (Fsp3) is 0.235. The molecule has 2 rings (SSSR count). The quantitative estimate of drug-likeness (QED) is 0.377. The number of Topliss-reactive ketones (excluding diaryl/α,β-unsaturated/α-hetero) is 1. The average molecular weight is 443 g/mol.